The molecule has 0 amide bonds. The molecule has 5 heteroatoms. The van der Waals surface area contributed by atoms with Crippen LogP contribution >= 0.6 is 0 Å². The monoisotopic (exact) mass is 203 g/mol. The van der Waals surface area contributed by atoms with Crippen LogP contribution in [0, 0.1) is 17.5 Å². The smallest absolute Gasteiger partial charge is 0.151 e. The molecule has 2 N–H and O–H groups in total. The Morgan fingerprint density at radius 2 is 1.71 bits per heavy atom. The normalized spacial score (nSPS) is 12.6. The third-order valence-electron chi connectivity index (χ3n) is 1.79. The molecule has 2 nitrogen and oxygen atoms in total. The highest BCUT2D eigenvalue weighted by Crippen LogP contribution is 2.20. The number of hydrogen-bond acceptors (Lipinski definition) is 2. The van der Waals surface area contributed by atoms with Gasteiger partial charge in [0.1, 0.15) is 17.5 Å². The van der Waals surface area contributed by atoms with Crippen LogP contribution in [0.2, 0.25) is 0 Å². The van der Waals surface area contributed by atoms with Crippen molar-refractivity contribution in [3.05, 3.63) is 35.1 Å². The van der Waals surface area contributed by atoms with Crippen molar-refractivity contribution in [2.24, 2.45) is 5.73 Å². The molecule has 0 aliphatic rings. The summed E-state index contributed by atoms with van der Waals surface area (Å²) in [7, 11) is 0. The third-order valence-corrected chi connectivity index (χ3v) is 1.79. The highest BCUT2D eigenvalue weighted by molar-refractivity contribution is 5.82. The van der Waals surface area contributed by atoms with Crippen LogP contribution in [0.5, 0.6) is 0 Å². The quantitative estimate of drug-likeness (QED) is 0.794. The van der Waals surface area contributed by atoms with Crippen LogP contribution in [-0.4, -0.2) is 5.78 Å². The van der Waals surface area contributed by atoms with Crippen LogP contribution in [0.4, 0.5) is 13.2 Å². The average Bonchev–Trinajstić information content (AvgIpc) is 2.01. The number of carbonyl (C=O) groups is 1. The Hall–Kier alpha value is -1.36. The topological polar surface area (TPSA) is 43.1 Å². The van der Waals surface area contributed by atoms with E-state index in [4.69, 9.17) is 5.73 Å². The van der Waals surface area contributed by atoms with E-state index in [1.54, 1.807) is 0 Å². The number of hydrogen-bond donors (Lipinski definition) is 1. The van der Waals surface area contributed by atoms with E-state index in [9.17, 15) is 18.0 Å². The number of halogens is 3. The summed E-state index contributed by atoms with van der Waals surface area (Å²) in [6, 6.07) is -0.418. The molecule has 0 heterocycles. The molecule has 0 aliphatic heterocycles. The molecule has 14 heavy (non-hydrogen) atoms. The maximum atomic E-state index is 13.0. The molecule has 0 bridgehead atoms. The van der Waals surface area contributed by atoms with Crippen LogP contribution in [0.25, 0.3) is 0 Å². The third kappa shape index (κ3) is 1.93. The second-order valence-corrected chi connectivity index (χ2v) is 2.87. The Bertz CT molecular complexity index is 355. The summed E-state index contributed by atoms with van der Waals surface area (Å²) in [4.78, 5) is 10.8. The van der Waals surface area contributed by atoms with Crippen LogP contribution in [0.3, 0.4) is 0 Å². The lowest BCUT2D eigenvalue weighted by molar-refractivity contribution is -0.118. The average molecular weight is 203 g/mol. The van der Waals surface area contributed by atoms with E-state index in [2.05, 4.69) is 0 Å². The zero-order chi connectivity index (χ0) is 10.9. The summed E-state index contributed by atoms with van der Waals surface area (Å²) in [6.45, 7) is 1.10. The fraction of sp³-hybridized carbons (Fsp3) is 0.222. The molecular formula is C9H8F3NO. The molecule has 1 unspecified atom stereocenters. The standard InChI is InChI=1S/C9H8F3NO/c1-4(14)9(13)8-6(11)2-5(10)3-7(8)12/h2-3,9H,13H2,1H3. The molecule has 0 aliphatic carbocycles. The van der Waals surface area contributed by atoms with Gasteiger partial charge in [0.25, 0.3) is 0 Å². The van der Waals surface area contributed by atoms with E-state index < -0.39 is 34.8 Å². The number of ketones is 1. The molecule has 0 fully saturated rings. The van der Waals surface area contributed by atoms with Crippen molar-refractivity contribution in [1.29, 1.82) is 0 Å². The van der Waals surface area contributed by atoms with E-state index in [0.717, 1.165) is 6.92 Å². The first-order valence-corrected chi connectivity index (χ1v) is 3.84. The van der Waals surface area contributed by atoms with E-state index in [1.165, 1.54) is 0 Å². The van der Waals surface area contributed by atoms with Gasteiger partial charge in [-0.25, -0.2) is 13.2 Å². The number of nitrogens with two attached hydrogens (primary N) is 1. The van der Waals surface area contributed by atoms with Crippen LogP contribution in [0.1, 0.15) is 18.5 Å². The fourth-order valence-corrected chi connectivity index (χ4v) is 1.05. The highest BCUT2D eigenvalue weighted by atomic mass is 19.1. The Kier molecular flexibility index (Phi) is 2.90. The Morgan fingerprint density at radius 1 is 1.29 bits per heavy atom. The number of benzene rings is 1. The van der Waals surface area contributed by atoms with Gasteiger partial charge in [-0.05, 0) is 6.92 Å². The number of rotatable bonds is 2. The van der Waals surface area contributed by atoms with Gasteiger partial charge >= 0.3 is 0 Å². The van der Waals surface area contributed by atoms with Gasteiger partial charge in [0.2, 0.25) is 0 Å². The lowest BCUT2D eigenvalue weighted by Crippen LogP contribution is -2.21. The van der Waals surface area contributed by atoms with Crippen molar-refractivity contribution < 1.29 is 18.0 Å². The number of carbonyl (C=O) groups excluding carboxylic acids is 1. The van der Waals surface area contributed by atoms with Gasteiger partial charge in [-0.3, -0.25) is 4.79 Å². The maximum absolute atomic E-state index is 13.0. The molecule has 0 spiro atoms. The van der Waals surface area contributed by atoms with Gasteiger partial charge in [0.05, 0.1) is 6.04 Å². The zero-order valence-corrected chi connectivity index (χ0v) is 7.35. The lowest BCUT2D eigenvalue weighted by Gasteiger charge is -2.10. The van der Waals surface area contributed by atoms with Crippen molar-refractivity contribution in [3.8, 4) is 0 Å². The van der Waals surface area contributed by atoms with Gasteiger partial charge in [-0.2, -0.15) is 0 Å². The van der Waals surface area contributed by atoms with Gasteiger partial charge in [0, 0.05) is 17.7 Å². The van der Waals surface area contributed by atoms with Crippen LogP contribution < -0.4 is 5.73 Å². The molecule has 76 valence electrons. The first-order chi connectivity index (χ1) is 6.43. The van der Waals surface area contributed by atoms with Crippen molar-refractivity contribution in [1.82, 2.24) is 0 Å². The first kappa shape index (κ1) is 10.7. The van der Waals surface area contributed by atoms with E-state index in [-0.39, 0.29) is 0 Å². The minimum Gasteiger partial charge on any atom is -0.318 e. The van der Waals surface area contributed by atoms with Gasteiger partial charge in [-0.15, -0.1) is 0 Å². The molecule has 1 aromatic carbocycles. The summed E-state index contributed by atoms with van der Waals surface area (Å²) >= 11 is 0. The summed E-state index contributed by atoms with van der Waals surface area (Å²) in [5.41, 5.74) is 4.64. The van der Waals surface area contributed by atoms with Crippen molar-refractivity contribution in [3.63, 3.8) is 0 Å². The molecule has 1 atom stereocenters. The van der Waals surface area contributed by atoms with Gasteiger partial charge in [-0.1, -0.05) is 0 Å². The van der Waals surface area contributed by atoms with E-state index >= 15 is 0 Å². The van der Waals surface area contributed by atoms with E-state index in [1.807, 2.05) is 0 Å². The SMILES string of the molecule is CC(=O)C(N)c1c(F)cc(F)cc1F. The molecule has 0 saturated heterocycles. The summed E-state index contributed by atoms with van der Waals surface area (Å²) in [6.07, 6.45) is 0. The Morgan fingerprint density at radius 3 is 2.07 bits per heavy atom. The Labute approximate surface area is 78.5 Å². The van der Waals surface area contributed by atoms with Gasteiger partial charge < -0.3 is 5.73 Å². The second kappa shape index (κ2) is 3.79. The van der Waals surface area contributed by atoms with Crippen LogP contribution in [0.15, 0.2) is 12.1 Å². The first-order valence-electron chi connectivity index (χ1n) is 3.84. The predicted octanol–water partition coefficient (Wildman–Crippen LogP) is 1.69. The minimum atomic E-state index is -1.39. The summed E-state index contributed by atoms with van der Waals surface area (Å²) in [5.74, 6) is -3.93. The number of Topliss-reactive ketones (excluding diaryl/α,β-unsaturated/α-hetero) is 1. The second-order valence-electron chi connectivity index (χ2n) is 2.87. The molecule has 0 aromatic heterocycles. The fourth-order valence-electron chi connectivity index (χ4n) is 1.05. The summed E-state index contributed by atoms with van der Waals surface area (Å²) in [5, 5.41) is 0. The lowest BCUT2D eigenvalue weighted by atomic mass is 10.0. The highest BCUT2D eigenvalue weighted by Gasteiger charge is 2.21. The van der Waals surface area contributed by atoms with Crippen molar-refractivity contribution >= 4 is 5.78 Å². The van der Waals surface area contributed by atoms with Crippen LogP contribution in [-0.2, 0) is 4.79 Å². The van der Waals surface area contributed by atoms with E-state index in [0.29, 0.717) is 12.1 Å². The molecule has 0 saturated carbocycles. The predicted molar refractivity (Wildman–Crippen MR) is 43.9 cm³/mol. The molecule has 1 aromatic rings. The minimum absolute atomic E-state index is 0.487. The Balaban J connectivity index is 3.27. The van der Waals surface area contributed by atoms with Crippen molar-refractivity contribution in [2.75, 3.05) is 0 Å². The molecular weight excluding hydrogens is 195 g/mol. The molecule has 1 rings (SSSR count). The molecule has 0 radical (unpaired) electrons. The van der Waals surface area contributed by atoms with Gasteiger partial charge in [0.15, 0.2) is 5.78 Å². The summed E-state index contributed by atoms with van der Waals surface area (Å²) < 4.78 is 38.5. The van der Waals surface area contributed by atoms with Crippen molar-refractivity contribution in [2.45, 2.75) is 13.0 Å². The zero-order valence-electron chi connectivity index (χ0n) is 7.35. The maximum Gasteiger partial charge on any atom is 0.151 e. The largest absolute Gasteiger partial charge is 0.318 e.